The maximum absolute atomic E-state index is 13.0. The molecule has 1 unspecified atom stereocenters. The lowest BCUT2D eigenvalue weighted by Crippen LogP contribution is -2.40. The predicted molar refractivity (Wildman–Crippen MR) is 110 cm³/mol. The van der Waals surface area contributed by atoms with Gasteiger partial charge in [0.25, 0.3) is 0 Å². The van der Waals surface area contributed by atoms with Crippen molar-refractivity contribution in [1.82, 2.24) is 15.2 Å². The summed E-state index contributed by atoms with van der Waals surface area (Å²) in [6.45, 7) is 4.99. The van der Waals surface area contributed by atoms with Crippen LogP contribution in [-0.2, 0) is 11.2 Å². The fraction of sp³-hybridized carbons (Fsp3) is 0.500. The zero-order valence-corrected chi connectivity index (χ0v) is 16.9. The molecule has 0 fully saturated rings. The first-order valence-electron chi connectivity index (χ1n) is 10.2. The van der Waals surface area contributed by atoms with Crippen molar-refractivity contribution in [1.29, 1.82) is 0 Å². The van der Waals surface area contributed by atoms with Gasteiger partial charge in [0.15, 0.2) is 0 Å². The lowest BCUT2D eigenvalue weighted by Gasteiger charge is -2.25. The third-order valence-corrected chi connectivity index (χ3v) is 5.54. The van der Waals surface area contributed by atoms with Gasteiger partial charge >= 0.3 is 6.18 Å². The molecule has 158 valence electrons. The summed E-state index contributed by atoms with van der Waals surface area (Å²) in [6, 6.07) is 6.07. The Labute approximate surface area is 169 Å². The first-order chi connectivity index (χ1) is 13.8. The molecular weight excluding hydrogens is 379 g/mol. The van der Waals surface area contributed by atoms with Crippen LogP contribution in [0.1, 0.15) is 37.8 Å². The zero-order valence-electron chi connectivity index (χ0n) is 16.9. The van der Waals surface area contributed by atoms with Crippen LogP contribution in [0.4, 0.5) is 13.2 Å². The number of H-pyrrole nitrogens is 1. The van der Waals surface area contributed by atoms with Gasteiger partial charge in [-0.1, -0.05) is 18.2 Å². The zero-order chi connectivity index (χ0) is 21.0. The van der Waals surface area contributed by atoms with E-state index in [1.54, 1.807) is 4.90 Å². The average molecular weight is 407 g/mol. The van der Waals surface area contributed by atoms with E-state index in [1.807, 2.05) is 38.3 Å². The minimum absolute atomic E-state index is 0.0472. The number of carbonyl (C=O) groups excluding carboxylic acids is 1. The molecule has 2 aromatic rings. The van der Waals surface area contributed by atoms with Gasteiger partial charge in [0.05, 0.1) is 12.3 Å². The van der Waals surface area contributed by atoms with E-state index in [9.17, 15) is 18.0 Å². The number of hydrogen-bond acceptors (Lipinski definition) is 2. The average Bonchev–Trinajstić information content (AvgIpc) is 3.11. The maximum atomic E-state index is 13.0. The molecule has 0 radical (unpaired) electrons. The summed E-state index contributed by atoms with van der Waals surface area (Å²) in [4.78, 5) is 18.0. The molecule has 0 saturated carbocycles. The van der Waals surface area contributed by atoms with Gasteiger partial charge in [0.2, 0.25) is 5.91 Å². The molecule has 1 heterocycles. The molecule has 1 aromatic heterocycles. The van der Waals surface area contributed by atoms with Gasteiger partial charge in [0, 0.05) is 43.3 Å². The van der Waals surface area contributed by atoms with E-state index >= 15 is 0 Å². The Hall–Kier alpha value is -2.28. The van der Waals surface area contributed by atoms with E-state index in [0.717, 1.165) is 29.5 Å². The van der Waals surface area contributed by atoms with E-state index in [1.165, 1.54) is 10.9 Å². The number of aromatic nitrogens is 1. The van der Waals surface area contributed by atoms with Gasteiger partial charge in [-0.25, -0.2) is 0 Å². The number of aryl methyl sites for hydroxylation is 1. The Morgan fingerprint density at radius 3 is 2.72 bits per heavy atom. The smallest absolute Gasteiger partial charge is 0.361 e. The normalized spacial score (nSPS) is 16.4. The Kier molecular flexibility index (Phi) is 6.67. The maximum Gasteiger partial charge on any atom is 0.390 e. The van der Waals surface area contributed by atoms with Crippen molar-refractivity contribution in [3.8, 4) is 0 Å². The highest BCUT2D eigenvalue weighted by Gasteiger charge is 2.27. The predicted octanol–water partition coefficient (Wildman–Crippen LogP) is 4.52. The molecule has 29 heavy (non-hydrogen) atoms. The standard InChI is InChI=1S/C22H28F3N3O/c1-3-28(4-2)21(29)17(13-26-11-10-22(23,24)25)12-15-8-9-16-14-27-19-7-5-6-18(15)20(16)19/h5-7,12,14,17,26-27H,3-4,8-11,13H2,1-2H3/b15-12+. The minimum atomic E-state index is -4.20. The van der Waals surface area contributed by atoms with Gasteiger partial charge in [-0.05, 0) is 49.5 Å². The molecule has 2 N–H and O–H groups in total. The molecule has 4 nitrogen and oxygen atoms in total. The summed E-state index contributed by atoms with van der Waals surface area (Å²) in [7, 11) is 0. The molecule has 1 aliphatic rings. The highest BCUT2D eigenvalue weighted by molar-refractivity contribution is 5.97. The number of amides is 1. The van der Waals surface area contributed by atoms with Crippen molar-refractivity contribution in [3.63, 3.8) is 0 Å². The molecule has 7 heteroatoms. The number of nitrogens with zero attached hydrogens (tertiary/aromatic N) is 1. The van der Waals surface area contributed by atoms with Crippen molar-refractivity contribution < 1.29 is 18.0 Å². The Morgan fingerprint density at radius 2 is 2.03 bits per heavy atom. The van der Waals surface area contributed by atoms with Crippen LogP contribution in [0.2, 0.25) is 0 Å². The number of halogens is 3. The van der Waals surface area contributed by atoms with Gasteiger partial charge in [-0.3, -0.25) is 4.79 Å². The van der Waals surface area contributed by atoms with E-state index in [4.69, 9.17) is 0 Å². The molecule has 0 saturated heterocycles. The molecule has 1 amide bonds. The van der Waals surface area contributed by atoms with Crippen molar-refractivity contribution in [2.45, 2.75) is 39.3 Å². The van der Waals surface area contributed by atoms with E-state index < -0.39 is 18.5 Å². The molecule has 0 bridgehead atoms. The summed E-state index contributed by atoms with van der Waals surface area (Å²) in [6.07, 6.45) is 0.592. The minimum Gasteiger partial charge on any atom is -0.361 e. The van der Waals surface area contributed by atoms with E-state index in [2.05, 4.69) is 16.4 Å². The van der Waals surface area contributed by atoms with E-state index in [-0.39, 0.29) is 19.0 Å². The fourth-order valence-corrected chi connectivity index (χ4v) is 4.02. The first kappa shape index (κ1) is 21.4. The quantitative estimate of drug-likeness (QED) is 0.632. The van der Waals surface area contributed by atoms with Crippen LogP contribution in [0.25, 0.3) is 16.5 Å². The topological polar surface area (TPSA) is 48.1 Å². The molecule has 0 spiro atoms. The van der Waals surface area contributed by atoms with Crippen LogP contribution >= 0.6 is 0 Å². The number of hydrogen-bond donors (Lipinski definition) is 2. The molecule has 1 aromatic carbocycles. The highest BCUT2D eigenvalue weighted by atomic mass is 19.4. The number of benzene rings is 1. The second-order valence-electron chi connectivity index (χ2n) is 7.42. The highest BCUT2D eigenvalue weighted by Crippen LogP contribution is 2.36. The summed E-state index contributed by atoms with van der Waals surface area (Å²) in [5.41, 5.74) is 4.53. The second kappa shape index (κ2) is 9.03. The molecule has 1 aliphatic carbocycles. The molecule has 1 atom stereocenters. The number of nitrogens with one attached hydrogen (secondary N) is 2. The van der Waals surface area contributed by atoms with Crippen molar-refractivity contribution in [2.24, 2.45) is 5.92 Å². The Morgan fingerprint density at radius 1 is 1.28 bits per heavy atom. The largest absolute Gasteiger partial charge is 0.390 e. The van der Waals surface area contributed by atoms with Crippen LogP contribution in [0.3, 0.4) is 0 Å². The van der Waals surface area contributed by atoms with Gasteiger partial charge in [-0.15, -0.1) is 0 Å². The summed E-state index contributed by atoms with van der Waals surface area (Å²) < 4.78 is 37.4. The molecule has 0 aliphatic heterocycles. The third-order valence-electron chi connectivity index (χ3n) is 5.54. The van der Waals surface area contributed by atoms with Crippen LogP contribution in [-0.4, -0.2) is 48.1 Å². The third kappa shape index (κ3) is 5.01. The van der Waals surface area contributed by atoms with Gasteiger partial charge in [-0.2, -0.15) is 13.2 Å². The van der Waals surface area contributed by atoms with Crippen LogP contribution in [0.15, 0.2) is 30.5 Å². The molecule has 3 rings (SSSR count). The van der Waals surface area contributed by atoms with Gasteiger partial charge < -0.3 is 15.2 Å². The summed E-state index contributed by atoms with van der Waals surface area (Å²) in [5.74, 6) is -0.539. The number of allylic oxidation sites excluding steroid dienone is 1. The van der Waals surface area contributed by atoms with Crippen LogP contribution < -0.4 is 5.32 Å². The number of rotatable bonds is 8. The Balaban J connectivity index is 1.85. The lowest BCUT2D eigenvalue weighted by atomic mass is 9.86. The Bertz CT molecular complexity index is 881. The summed E-state index contributed by atoms with van der Waals surface area (Å²) in [5, 5.41) is 4.02. The van der Waals surface area contributed by atoms with E-state index in [0.29, 0.717) is 13.1 Å². The second-order valence-corrected chi connectivity index (χ2v) is 7.42. The van der Waals surface area contributed by atoms with Crippen LogP contribution in [0, 0.1) is 5.92 Å². The summed E-state index contributed by atoms with van der Waals surface area (Å²) >= 11 is 0. The number of alkyl halides is 3. The molecular formula is C22H28F3N3O. The van der Waals surface area contributed by atoms with Crippen molar-refractivity contribution in [2.75, 3.05) is 26.2 Å². The van der Waals surface area contributed by atoms with Gasteiger partial charge in [0.1, 0.15) is 0 Å². The first-order valence-corrected chi connectivity index (χ1v) is 10.2. The number of carbonyl (C=O) groups is 1. The SMILES string of the molecule is CCN(CC)C(=O)C(/C=C1\CCc2c[nH]c3cccc1c23)CNCCC(F)(F)F. The monoisotopic (exact) mass is 407 g/mol. The van der Waals surface area contributed by atoms with Crippen molar-refractivity contribution in [3.05, 3.63) is 41.6 Å². The van der Waals surface area contributed by atoms with Crippen molar-refractivity contribution >= 4 is 22.4 Å². The fourth-order valence-electron chi connectivity index (χ4n) is 4.02. The number of aromatic amines is 1. The lowest BCUT2D eigenvalue weighted by molar-refractivity contribution is -0.134. The van der Waals surface area contributed by atoms with Crippen LogP contribution in [0.5, 0.6) is 0 Å².